The molecule has 0 aliphatic carbocycles. The molecule has 0 spiro atoms. The molecule has 0 unspecified atom stereocenters. The number of rotatable bonds is 1. The van der Waals surface area contributed by atoms with Crippen LogP contribution in [-0.4, -0.2) is 22.6 Å². The van der Waals surface area contributed by atoms with E-state index in [-0.39, 0.29) is 12.4 Å². The predicted molar refractivity (Wildman–Crippen MR) is 75.8 cm³/mol. The van der Waals surface area contributed by atoms with Crippen molar-refractivity contribution in [3.05, 3.63) is 29.0 Å². The smallest absolute Gasteiger partial charge is 0.0960 e. The Morgan fingerprint density at radius 1 is 1.29 bits per heavy atom. The Morgan fingerprint density at radius 3 is 2.82 bits per heavy atom. The lowest BCUT2D eigenvalue weighted by molar-refractivity contribution is 0.374. The van der Waals surface area contributed by atoms with Crippen molar-refractivity contribution < 1.29 is 0 Å². The summed E-state index contributed by atoms with van der Waals surface area (Å²) in [7, 11) is 0. The minimum atomic E-state index is 0. The summed E-state index contributed by atoms with van der Waals surface area (Å²) >= 11 is 3.48. The summed E-state index contributed by atoms with van der Waals surface area (Å²) in [6.45, 7) is 2.22. The SMILES string of the molecule is Brc1ccc2c(c1)ncn2C1CCNCC1.Cl. The number of nitrogens with zero attached hydrogens (tertiary/aromatic N) is 2. The number of aromatic nitrogens is 2. The largest absolute Gasteiger partial charge is 0.327 e. The zero-order valence-electron chi connectivity index (χ0n) is 9.40. The molecule has 1 aromatic carbocycles. The third kappa shape index (κ3) is 2.49. The third-order valence-electron chi connectivity index (χ3n) is 3.24. The molecule has 3 nitrogen and oxygen atoms in total. The molecule has 1 fully saturated rings. The summed E-state index contributed by atoms with van der Waals surface area (Å²) in [5, 5.41) is 3.39. The lowest BCUT2D eigenvalue weighted by Gasteiger charge is -2.24. The number of imidazole rings is 1. The van der Waals surface area contributed by atoms with E-state index in [9.17, 15) is 0 Å². The number of benzene rings is 1. The zero-order chi connectivity index (χ0) is 11.0. The van der Waals surface area contributed by atoms with Gasteiger partial charge in [0.25, 0.3) is 0 Å². The minimum Gasteiger partial charge on any atom is -0.327 e. The number of nitrogens with one attached hydrogen (secondary N) is 1. The Balaban J connectivity index is 0.00000108. The summed E-state index contributed by atoms with van der Waals surface area (Å²) in [5.41, 5.74) is 2.32. The van der Waals surface area contributed by atoms with E-state index >= 15 is 0 Å². The molecule has 17 heavy (non-hydrogen) atoms. The van der Waals surface area contributed by atoms with Crippen molar-refractivity contribution in [1.82, 2.24) is 14.9 Å². The number of hydrogen-bond acceptors (Lipinski definition) is 2. The Morgan fingerprint density at radius 2 is 2.06 bits per heavy atom. The molecule has 2 heterocycles. The first-order chi connectivity index (χ1) is 7.84. The topological polar surface area (TPSA) is 29.9 Å². The van der Waals surface area contributed by atoms with Gasteiger partial charge in [0.2, 0.25) is 0 Å². The Kier molecular flexibility index (Phi) is 4.07. The summed E-state index contributed by atoms with van der Waals surface area (Å²) in [5.74, 6) is 0. The van der Waals surface area contributed by atoms with Gasteiger partial charge in [0, 0.05) is 10.5 Å². The van der Waals surface area contributed by atoms with Crippen molar-refractivity contribution in [3.8, 4) is 0 Å². The van der Waals surface area contributed by atoms with E-state index in [1.165, 1.54) is 18.4 Å². The van der Waals surface area contributed by atoms with Gasteiger partial charge in [-0.05, 0) is 44.1 Å². The standard InChI is InChI=1S/C12H14BrN3.ClH/c13-9-1-2-12-11(7-9)15-8-16(12)10-3-5-14-6-4-10;/h1-2,7-8,10,14H,3-6H2;1H. The van der Waals surface area contributed by atoms with Gasteiger partial charge in [0.1, 0.15) is 0 Å². The lowest BCUT2D eigenvalue weighted by atomic mass is 10.1. The van der Waals surface area contributed by atoms with Crippen molar-refractivity contribution in [1.29, 1.82) is 0 Å². The third-order valence-corrected chi connectivity index (χ3v) is 3.73. The summed E-state index contributed by atoms with van der Waals surface area (Å²) in [4.78, 5) is 4.47. The summed E-state index contributed by atoms with van der Waals surface area (Å²) in [6, 6.07) is 6.91. The molecule has 0 radical (unpaired) electrons. The van der Waals surface area contributed by atoms with Gasteiger partial charge in [0.15, 0.2) is 0 Å². The summed E-state index contributed by atoms with van der Waals surface area (Å²) < 4.78 is 3.42. The van der Waals surface area contributed by atoms with Gasteiger partial charge in [0.05, 0.1) is 17.4 Å². The quantitative estimate of drug-likeness (QED) is 0.876. The van der Waals surface area contributed by atoms with Crippen molar-refractivity contribution >= 4 is 39.4 Å². The van der Waals surface area contributed by atoms with Gasteiger partial charge in [-0.3, -0.25) is 0 Å². The number of halogens is 2. The van der Waals surface area contributed by atoms with Gasteiger partial charge in [-0.1, -0.05) is 15.9 Å². The van der Waals surface area contributed by atoms with E-state index in [4.69, 9.17) is 0 Å². The highest BCUT2D eigenvalue weighted by atomic mass is 79.9. The molecule has 3 rings (SSSR count). The first-order valence-electron chi connectivity index (χ1n) is 5.67. The lowest BCUT2D eigenvalue weighted by Crippen LogP contribution is -2.29. The van der Waals surface area contributed by atoms with Crippen LogP contribution in [0, 0.1) is 0 Å². The van der Waals surface area contributed by atoms with Gasteiger partial charge < -0.3 is 9.88 Å². The van der Waals surface area contributed by atoms with Crippen molar-refractivity contribution in [2.24, 2.45) is 0 Å². The molecule has 1 aliphatic rings. The molecule has 2 aromatic rings. The van der Waals surface area contributed by atoms with E-state index in [0.717, 1.165) is 23.1 Å². The maximum absolute atomic E-state index is 4.47. The average Bonchev–Trinajstić information content (AvgIpc) is 2.73. The normalized spacial score (nSPS) is 17.0. The van der Waals surface area contributed by atoms with Crippen LogP contribution in [0.15, 0.2) is 29.0 Å². The summed E-state index contributed by atoms with van der Waals surface area (Å²) in [6.07, 6.45) is 4.37. The highest BCUT2D eigenvalue weighted by Gasteiger charge is 2.16. The van der Waals surface area contributed by atoms with Crippen molar-refractivity contribution in [2.75, 3.05) is 13.1 Å². The first-order valence-corrected chi connectivity index (χ1v) is 6.47. The monoisotopic (exact) mass is 315 g/mol. The van der Waals surface area contributed by atoms with Crippen LogP contribution in [0.25, 0.3) is 11.0 Å². The molecule has 0 saturated carbocycles. The van der Waals surface area contributed by atoms with Crippen LogP contribution < -0.4 is 5.32 Å². The van der Waals surface area contributed by atoms with Crippen LogP contribution in [0.2, 0.25) is 0 Å². The minimum absolute atomic E-state index is 0. The fraction of sp³-hybridized carbons (Fsp3) is 0.417. The molecule has 0 amide bonds. The molecule has 1 saturated heterocycles. The van der Waals surface area contributed by atoms with Crippen LogP contribution in [-0.2, 0) is 0 Å². The van der Waals surface area contributed by atoms with Crippen LogP contribution in [0.4, 0.5) is 0 Å². The first kappa shape index (κ1) is 12.9. The molecular weight excluding hydrogens is 302 g/mol. The molecule has 92 valence electrons. The molecule has 0 bridgehead atoms. The molecule has 5 heteroatoms. The number of fused-ring (bicyclic) bond motifs is 1. The fourth-order valence-corrected chi connectivity index (χ4v) is 2.73. The molecule has 1 aromatic heterocycles. The second-order valence-electron chi connectivity index (χ2n) is 4.27. The second-order valence-corrected chi connectivity index (χ2v) is 5.18. The van der Waals surface area contributed by atoms with Crippen LogP contribution in [0.1, 0.15) is 18.9 Å². The predicted octanol–water partition coefficient (Wildman–Crippen LogP) is 3.15. The van der Waals surface area contributed by atoms with Crippen LogP contribution in [0.5, 0.6) is 0 Å². The molecular formula is C12H15BrClN3. The second kappa shape index (κ2) is 5.38. The van der Waals surface area contributed by atoms with E-state index in [0.29, 0.717) is 6.04 Å². The maximum atomic E-state index is 4.47. The highest BCUT2D eigenvalue weighted by molar-refractivity contribution is 9.10. The Hall–Kier alpha value is -0.580. The van der Waals surface area contributed by atoms with Gasteiger partial charge in [-0.25, -0.2) is 4.98 Å². The highest BCUT2D eigenvalue weighted by Crippen LogP contribution is 2.25. The molecule has 0 atom stereocenters. The Bertz CT molecular complexity index is 505. The van der Waals surface area contributed by atoms with Crippen LogP contribution in [0.3, 0.4) is 0 Å². The van der Waals surface area contributed by atoms with E-state index < -0.39 is 0 Å². The fourth-order valence-electron chi connectivity index (χ4n) is 2.38. The van der Waals surface area contributed by atoms with E-state index in [2.05, 4.69) is 49.0 Å². The van der Waals surface area contributed by atoms with Gasteiger partial charge in [-0.2, -0.15) is 0 Å². The van der Waals surface area contributed by atoms with Crippen molar-refractivity contribution in [3.63, 3.8) is 0 Å². The molecule has 1 aliphatic heterocycles. The number of hydrogen-bond donors (Lipinski definition) is 1. The average molecular weight is 317 g/mol. The van der Waals surface area contributed by atoms with Crippen molar-refractivity contribution in [2.45, 2.75) is 18.9 Å². The zero-order valence-corrected chi connectivity index (χ0v) is 11.8. The van der Waals surface area contributed by atoms with E-state index in [1.54, 1.807) is 0 Å². The van der Waals surface area contributed by atoms with Gasteiger partial charge >= 0.3 is 0 Å². The molecule has 1 N–H and O–H groups in total. The van der Waals surface area contributed by atoms with E-state index in [1.807, 2.05) is 6.33 Å². The maximum Gasteiger partial charge on any atom is 0.0960 e. The van der Waals surface area contributed by atoms with Gasteiger partial charge in [-0.15, -0.1) is 12.4 Å². The Labute approximate surface area is 115 Å². The van der Waals surface area contributed by atoms with Crippen LogP contribution >= 0.6 is 28.3 Å². The number of piperidine rings is 1.